The Kier molecular flexibility index (Phi) is 9.89. The number of nitrogens with zero attached hydrogens (tertiary/aromatic N) is 2. The predicted octanol–water partition coefficient (Wildman–Crippen LogP) is 3.59. The van der Waals surface area contributed by atoms with Crippen molar-refractivity contribution in [3.05, 3.63) is 84.2 Å². The molecule has 3 rings (SSSR count). The highest BCUT2D eigenvalue weighted by Gasteiger charge is 2.33. The number of likely N-dealkylation sites (N-methyl/N-ethyl adjacent to an activating group) is 1. The van der Waals surface area contributed by atoms with Crippen molar-refractivity contribution in [3.63, 3.8) is 0 Å². The molecule has 11 heteroatoms. The van der Waals surface area contributed by atoms with E-state index in [0.717, 1.165) is 4.31 Å². The molecule has 0 aromatic heterocycles. The molecule has 0 saturated heterocycles. The molecule has 3 aromatic rings. The fourth-order valence-electron chi connectivity index (χ4n) is 3.92. The van der Waals surface area contributed by atoms with Crippen molar-refractivity contribution in [2.24, 2.45) is 0 Å². The molecular weight excluding hydrogens is 525 g/mol. The quantitative estimate of drug-likeness (QED) is 0.365. The van der Waals surface area contributed by atoms with Gasteiger partial charge in [-0.3, -0.25) is 13.9 Å². The van der Waals surface area contributed by atoms with Crippen molar-refractivity contribution in [2.45, 2.75) is 31.3 Å². The minimum atomic E-state index is -4.27. The number of methoxy groups -OCH3 is 2. The number of ether oxygens (including phenoxy) is 2. The number of anilines is 1. The van der Waals surface area contributed by atoms with Crippen LogP contribution < -0.4 is 19.1 Å². The lowest BCUT2D eigenvalue weighted by molar-refractivity contribution is -0.139. The molecule has 1 N–H and O–H groups in total. The van der Waals surface area contributed by atoms with E-state index in [4.69, 9.17) is 9.47 Å². The van der Waals surface area contributed by atoms with Crippen LogP contribution in [0, 0.1) is 5.82 Å². The van der Waals surface area contributed by atoms with Crippen LogP contribution in [0.1, 0.15) is 19.4 Å². The third-order valence-electron chi connectivity index (χ3n) is 6.06. The molecule has 0 heterocycles. The third kappa shape index (κ3) is 7.05. The molecule has 0 fully saturated rings. The van der Waals surface area contributed by atoms with Crippen molar-refractivity contribution in [3.8, 4) is 11.5 Å². The monoisotopic (exact) mass is 557 g/mol. The summed E-state index contributed by atoms with van der Waals surface area (Å²) in [6.07, 6.45) is 0. The average molecular weight is 558 g/mol. The SMILES string of the molecule is CCNC(=O)[C@@H](C)N(Cc1ccc(F)cc1)C(=O)CN(c1ccccc1OC)S(=O)(=O)c1ccc(OC)cc1. The van der Waals surface area contributed by atoms with Crippen LogP contribution in [0.25, 0.3) is 0 Å². The molecule has 39 heavy (non-hydrogen) atoms. The average Bonchev–Trinajstić information content (AvgIpc) is 2.95. The van der Waals surface area contributed by atoms with Gasteiger partial charge in [-0.1, -0.05) is 24.3 Å². The molecule has 0 radical (unpaired) electrons. The molecule has 0 aliphatic heterocycles. The molecule has 9 nitrogen and oxygen atoms in total. The first-order valence-corrected chi connectivity index (χ1v) is 13.7. The summed E-state index contributed by atoms with van der Waals surface area (Å²) >= 11 is 0. The predicted molar refractivity (Wildman–Crippen MR) is 146 cm³/mol. The first kappa shape index (κ1) is 29.4. The third-order valence-corrected chi connectivity index (χ3v) is 7.84. The van der Waals surface area contributed by atoms with Gasteiger partial charge in [0.2, 0.25) is 11.8 Å². The molecule has 0 aliphatic carbocycles. The van der Waals surface area contributed by atoms with E-state index in [2.05, 4.69) is 5.32 Å². The van der Waals surface area contributed by atoms with Gasteiger partial charge in [-0.15, -0.1) is 0 Å². The highest BCUT2D eigenvalue weighted by atomic mass is 32.2. The summed E-state index contributed by atoms with van der Waals surface area (Å²) in [7, 11) is -1.41. The lowest BCUT2D eigenvalue weighted by Crippen LogP contribution is -2.51. The number of amides is 2. The van der Waals surface area contributed by atoms with Crippen LogP contribution in [-0.2, 0) is 26.2 Å². The van der Waals surface area contributed by atoms with Crippen LogP contribution in [0.15, 0.2) is 77.7 Å². The Bertz CT molecular complexity index is 1380. The van der Waals surface area contributed by atoms with Crippen molar-refractivity contribution in [1.29, 1.82) is 0 Å². The van der Waals surface area contributed by atoms with Gasteiger partial charge >= 0.3 is 0 Å². The number of benzene rings is 3. The summed E-state index contributed by atoms with van der Waals surface area (Å²) in [6.45, 7) is 2.99. The number of carbonyl (C=O) groups excluding carboxylic acids is 2. The Labute approximate surface area is 228 Å². The molecule has 0 spiro atoms. The van der Waals surface area contributed by atoms with Crippen LogP contribution in [0.4, 0.5) is 10.1 Å². The van der Waals surface area contributed by atoms with E-state index in [1.165, 1.54) is 73.7 Å². The van der Waals surface area contributed by atoms with Crippen LogP contribution >= 0.6 is 0 Å². The zero-order chi connectivity index (χ0) is 28.6. The first-order valence-electron chi connectivity index (χ1n) is 12.2. The van der Waals surface area contributed by atoms with Gasteiger partial charge in [-0.05, 0) is 67.9 Å². The normalized spacial score (nSPS) is 11.8. The van der Waals surface area contributed by atoms with E-state index in [0.29, 0.717) is 17.9 Å². The second-order valence-corrected chi connectivity index (χ2v) is 10.4. The number of hydrogen-bond acceptors (Lipinski definition) is 6. The van der Waals surface area contributed by atoms with Crippen molar-refractivity contribution < 1.29 is 31.9 Å². The molecule has 208 valence electrons. The van der Waals surface area contributed by atoms with Gasteiger partial charge in [0.15, 0.2) is 0 Å². The van der Waals surface area contributed by atoms with E-state index in [-0.39, 0.29) is 22.9 Å². The van der Waals surface area contributed by atoms with Gasteiger partial charge in [0.05, 0.1) is 24.8 Å². The van der Waals surface area contributed by atoms with Gasteiger partial charge in [-0.25, -0.2) is 12.8 Å². The summed E-state index contributed by atoms with van der Waals surface area (Å²) in [4.78, 5) is 27.8. The summed E-state index contributed by atoms with van der Waals surface area (Å²) in [5.74, 6) is -0.781. The van der Waals surface area contributed by atoms with Gasteiger partial charge in [0, 0.05) is 13.1 Å². The molecular formula is C28H32FN3O6S. The maximum absolute atomic E-state index is 13.9. The highest BCUT2D eigenvalue weighted by Crippen LogP contribution is 2.33. The lowest BCUT2D eigenvalue weighted by Gasteiger charge is -2.32. The van der Waals surface area contributed by atoms with Crippen molar-refractivity contribution in [1.82, 2.24) is 10.2 Å². The highest BCUT2D eigenvalue weighted by molar-refractivity contribution is 7.92. The number of rotatable bonds is 12. The second kappa shape index (κ2) is 13.1. The van der Waals surface area contributed by atoms with E-state index in [9.17, 15) is 22.4 Å². The molecule has 0 saturated carbocycles. The number of sulfonamides is 1. The lowest BCUT2D eigenvalue weighted by atomic mass is 10.1. The van der Waals surface area contributed by atoms with Crippen LogP contribution in [0.5, 0.6) is 11.5 Å². The van der Waals surface area contributed by atoms with E-state index in [1.54, 1.807) is 32.0 Å². The summed E-state index contributed by atoms with van der Waals surface area (Å²) in [5.41, 5.74) is 0.722. The number of para-hydroxylation sites is 2. The zero-order valence-electron chi connectivity index (χ0n) is 22.3. The van der Waals surface area contributed by atoms with Gasteiger partial charge in [-0.2, -0.15) is 0 Å². The van der Waals surface area contributed by atoms with Gasteiger partial charge in [0.25, 0.3) is 10.0 Å². The first-order chi connectivity index (χ1) is 18.6. The van der Waals surface area contributed by atoms with Crippen molar-refractivity contribution in [2.75, 3.05) is 31.6 Å². The van der Waals surface area contributed by atoms with Crippen LogP contribution in [0.3, 0.4) is 0 Å². The topological polar surface area (TPSA) is 105 Å². The Hall–Kier alpha value is -4.12. The van der Waals surface area contributed by atoms with Gasteiger partial charge in [0.1, 0.15) is 29.9 Å². The fourth-order valence-corrected chi connectivity index (χ4v) is 5.34. The van der Waals surface area contributed by atoms with Crippen molar-refractivity contribution >= 4 is 27.5 Å². The van der Waals surface area contributed by atoms with Crippen LogP contribution in [0.2, 0.25) is 0 Å². The summed E-state index contributed by atoms with van der Waals surface area (Å²) in [6, 6.07) is 16.8. The Morgan fingerprint density at radius 2 is 1.59 bits per heavy atom. The maximum Gasteiger partial charge on any atom is 0.264 e. The number of hydrogen-bond donors (Lipinski definition) is 1. The van der Waals surface area contributed by atoms with E-state index >= 15 is 0 Å². The molecule has 0 bridgehead atoms. The minimum absolute atomic E-state index is 0.0419. The van der Waals surface area contributed by atoms with Gasteiger partial charge < -0.3 is 19.7 Å². The largest absolute Gasteiger partial charge is 0.497 e. The Morgan fingerprint density at radius 1 is 0.949 bits per heavy atom. The molecule has 0 unspecified atom stereocenters. The second-order valence-electron chi connectivity index (χ2n) is 8.58. The van der Waals surface area contributed by atoms with E-state index in [1.807, 2.05) is 0 Å². The maximum atomic E-state index is 13.9. The Morgan fingerprint density at radius 3 is 2.18 bits per heavy atom. The summed E-state index contributed by atoms with van der Waals surface area (Å²) in [5, 5.41) is 2.69. The Balaban J connectivity index is 2.06. The molecule has 0 aliphatic rings. The number of halogens is 1. The van der Waals surface area contributed by atoms with Crippen LogP contribution in [-0.4, -0.2) is 58.5 Å². The number of carbonyl (C=O) groups is 2. The molecule has 3 aromatic carbocycles. The zero-order valence-corrected chi connectivity index (χ0v) is 23.1. The van der Waals surface area contributed by atoms with E-state index < -0.39 is 40.2 Å². The molecule has 1 atom stereocenters. The smallest absolute Gasteiger partial charge is 0.264 e. The number of nitrogens with one attached hydrogen (secondary N) is 1. The minimum Gasteiger partial charge on any atom is -0.497 e. The standard InChI is InChI=1S/C28H32FN3O6S/c1-5-30-28(34)20(2)31(18-21-10-12-22(29)13-11-21)27(33)19-32(25-8-6-7-9-26(25)38-4)39(35,36)24-16-14-23(37-3)15-17-24/h6-17,20H,5,18-19H2,1-4H3,(H,30,34)/t20-/m1/s1. The fraction of sp³-hybridized carbons (Fsp3) is 0.286. The molecule has 2 amide bonds. The summed E-state index contributed by atoms with van der Waals surface area (Å²) < 4.78 is 52.8.